The summed E-state index contributed by atoms with van der Waals surface area (Å²) >= 11 is 5.89. The van der Waals surface area contributed by atoms with Crippen LogP contribution >= 0.6 is 11.6 Å². The number of amides is 1. The van der Waals surface area contributed by atoms with Crippen LogP contribution in [-0.2, 0) is 20.9 Å². The predicted molar refractivity (Wildman–Crippen MR) is 91.1 cm³/mol. The number of pyridine rings is 1. The molecular weight excluding hydrogens is 346 g/mol. The standard InChI is InChI=1S/C17H14ClN3O4/c1-11(25-16(23)10-21-7-3-2-4-15(21)22)17(24)20-13-6-5-12(9-19)14(18)8-13/h2-8,11H,10H2,1H3,(H,20,24)/t11-/m0/s1. The molecule has 1 heterocycles. The molecule has 0 unspecified atom stereocenters. The first-order chi connectivity index (χ1) is 11.9. The van der Waals surface area contributed by atoms with Gasteiger partial charge in [0, 0.05) is 18.0 Å². The maximum absolute atomic E-state index is 12.1. The molecule has 0 radical (unpaired) electrons. The Bertz CT molecular complexity index is 901. The molecule has 0 fully saturated rings. The Morgan fingerprint density at radius 1 is 1.36 bits per heavy atom. The van der Waals surface area contributed by atoms with Crippen molar-refractivity contribution in [2.45, 2.75) is 19.6 Å². The number of halogens is 1. The lowest BCUT2D eigenvalue weighted by Gasteiger charge is -2.14. The van der Waals surface area contributed by atoms with Gasteiger partial charge in [0.1, 0.15) is 12.6 Å². The summed E-state index contributed by atoms with van der Waals surface area (Å²) in [6.45, 7) is 1.12. The van der Waals surface area contributed by atoms with Crippen molar-refractivity contribution in [1.29, 1.82) is 5.26 Å². The van der Waals surface area contributed by atoms with E-state index in [1.807, 2.05) is 6.07 Å². The Morgan fingerprint density at radius 3 is 2.76 bits per heavy atom. The smallest absolute Gasteiger partial charge is 0.326 e. The highest BCUT2D eigenvalue weighted by molar-refractivity contribution is 6.32. The number of nitrogens with one attached hydrogen (secondary N) is 1. The van der Waals surface area contributed by atoms with Crippen molar-refractivity contribution < 1.29 is 14.3 Å². The van der Waals surface area contributed by atoms with Crippen LogP contribution in [0.2, 0.25) is 5.02 Å². The molecule has 2 aromatic rings. The topological polar surface area (TPSA) is 101 Å². The highest BCUT2D eigenvalue weighted by atomic mass is 35.5. The maximum Gasteiger partial charge on any atom is 0.326 e. The third kappa shape index (κ3) is 4.93. The van der Waals surface area contributed by atoms with Gasteiger partial charge in [-0.1, -0.05) is 17.7 Å². The Kier molecular flexibility index (Phi) is 5.93. The zero-order valence-electron chi connectivity index (χ0n) is 13.2. The van der Waals surface area contributed by atoms with Crippen LogP contribution in [0.5, 0.6) is 0 Å². The van der Waals surface area contributed by atoms with E-state index in [2.05, 4.69) is 5.32 Å². The van der Waals surface area contributed by atoms with Crippen LogP contribution in [0.15, 0.2) is 47.4 Å². The van der Waals surface area contributed by atoms with Crippen molar-refractivity contribution in [2.75, 3.05) is 5.32 Å². The van der Waals surface area contributed by atoms with Gasteiger partial charge in [0.15, 0.2) is 6.10 Å². The van der Waals surface area contributed by atoms with E-state index >= 15 is 0 Å². The van der Waals surface area contributed by atoms with E-state index in [1.165, 1.54) is 42.0 Å². The molecule has 1 N–H and O–H groups in total. The monoisotopic (exact) mass is 359 g/mol. The second-order valence-corrected chi connectivity index (χ2v) is 5.50. The number of hydrogen-bond acceptors (Lipinski definition) is 5. The van der Waals surface area contributed by atoms with Gasteiger partial charge in [0.25, 0.3) is 11.5 Å². The first-order valence-electron chi connectivity index (χ1n) is 7.26. The number of rotatable bonds is 5. The largest absolute Gasteiger partial charge is 0.451 e. The summed E-state index contributed by atoms with van der Waals surface area (Å²) in [5.41, 5.74) is 0.312. The normalized spacial score (nSPS) is 11.2. The quantitative estimate of drug-likeness (QED) is 0.822. The first kappa shape index (κ1) is 18.2. The fourth-order valence-corrected chi connectivity index (χ4v) is 2.17. The molecule has 0 spiro atoms. The number of hydrogen-bond donors (Lipinski definition) is 1. The van der Waals surface area contributed by atoms with Crippen LogP contribution in [0.3, 0.4) is 0 Å². The molecule has 128 valence electrons. The molecule has 0 aliphatic heterocycles. The van der Waals surface area contributed by atoms with Crippen molar-refractivity contribution in [1.82, 2.24) is 4.57 Å². The molecule has 2 rings (SSSR count). The SMILES string of the molecule is C[C@H](OC(=O)Cn1ccccc1=O)C(=O)Nc1ccc(C#N)c(Cl)c1. The highest BCUT2D eigenvalue weighted by Crippen LogP contribution is 2.20. The first-order valence-corrected chi connectivity index (χ1v) is 7.64. The predicted octanol–water partition coefficient (Wildman–Crippen LogP) is 1.94. The van der Waals surface area contributed by atoms with Gasteiger partial charge in [0.2, 0.25) is 0 Å². The van der Waals surface area contributed by atoms with E-state index in [9.17, 15) is 14.4 Å². The van der Waals surface area contributed by atoms with Gasteiger partial charge in [-0.25, -0.2) is 0 Å². The number of esters is 1. The second-order valence-electron chi connectivity index (χ2n) is 5.09. The lowest BCUT2D eigenvalue weighted by atomic mass is 10.2. The summed E-state index contributed by atoms with van der Waals surface area (Å²) < 4.78 is 6.20. The summed E-state index contributed by atoms with van der Waals surface area (Å²) in [4.78, 5) is 35.5. The molecule has 0 saturated heterocycles. The van der Waals surface area contributed by atoms with Crippen LogP contribution in [0, 0.1) is 11.3 Å². The van der Waals surface area contributed by atoms with Gasteiger partial charge in [-0.15, -0.1) is 0 Å². The molecule has 0 saturated carbocycles. The van der Waals surface area contributed by atoms with Crippen LogP contribution < -0.4 is 10.9 Å². The number of anilines is 1. The van der Waals surface area contributed by atoms with E-state index in [-0.39, 0.29) is 22.7 Å². The summed E-state index contributed by atoms with van der Waals surface area (Å²) in [6, 6.07) is 10.8. The minimum atomic E-state index is -1.07. The Hall–Kier alpha value is -3.11. The molecule has 8 heteroatoms. The number of nitrogens with zero attached hydrogens (tertiary/aromatic N) is 2. The van der Waals surface area contributed by atoms with Gasteiger partial charge >= 0.3 is 5.97 Å². The minimum Gasteiger partial charge on any atom is -0.451 e. The molecule has 1 aromatic carbocycles. The van der Waals surface area contributed by atoms with E-state index < -0.39 is 18.0 Å². The van der Waals surface area contributed by atoms with Crippen molar-refractivity contribution in [3.05, 3.63) is 63.5 Å². The third-order valence-electron chi connectivity index (χ3n) is 3.23. The van der Waals surface area contributed by atoms with E-state index in [0.29, 0.717) is 5.69 Å². The van der Waals surface area contributed by atoms with E-state index in [1.54, 1.807) is 12.1 Å². The zero-order chi connectivity index (χ0) is 18.4. The van der Waals surface area contributed by atoms with Crippen molar-refractivity contribution in [3.63, 3.8) is 0 Å². The van der Waals surface area contributed by atoms with Crippen LogP contribution in [0.4, 0.5) is 5.69 Å². The Labute approximate surface area is 148 Å². The molecule has 0 aliphatic carbocycles. The summed E-state index contributed by atoms with van der Waals surface area (Å²) in [6.07, 6.45) is 0.383. The van der Waals surface area contributed by atoms with Crippen molar-refractivity contribution in [2.24, 2.45) is 0 Å². The summed E-state index contributed by atoms with van der Waals surface area (Å²) in [5, 5.41) is 11.6. The number of benzene rings is 1. The van der Waals surface area contributed by atoms with Crippen molar-refractivity contribution in [3.8, 4) is 6.07 Å². The van der Waals surface area contributed by atoms with E-state index in [0.717, 1.165) is 0 Å². The average molecular weight is 360 g/mol. The second kappa shape index (κ2) is 8.13. The zero-order valence-corrected chi connectivity index (χ0v) is 14.0. The minimum absolute atomic E-state index is 0.202. The van der Waals surface area contributed by atoms with Gasteiger partial charge in [-0.05, 0) is 31.2 Å². The molecule has 7 nitrogen and oxygen atoms in total. The fraction of sp³-hybridized carbons (Fsp3) is 0.176. The van der Waals surface area contributed by atoms with Crippen molar-refractivity contribution >= 4 is 29.2 Å². The van der Waals surface area contributed by atoms with E-state index in [4.69, 9.17) is 21.6 Å². The fourth-order valence-electron chi connectivity index (χ4n) is 1.95. The molecular formula is C17H14ClN3O4. The molecule has 0 aliphatic rings. The van der Waals surface area contributed by atoms with Gasteiger partial charge in [0.05, 0.1) is 10.6 Å². The van der Waals surface area contributed by atoms with Gasteiger partial charge < -0.3 is 14.6 Å². The molecule has 1 amide bonds. The third-order valence-corrected chi connectivity index (χ3v) is 3.55. The van der Waals surface area contributed by atoms with Crippen LogP contribution in [-0.4, -0.2) is 22.5 Å². The van der Waals surface area contributed by atoms with Gasteiger partial charge in [-0.2, -0.15) is 5.26 Å². The maximum atomic E-state index is 12.1. The number of nitriles is 1. The van der Waals surface area contributed by atoms with Gasteiger partial charge in [-0.3, -0.25) is 14.4 Å². The number of carbonyl (C=O) groups excluding carboxylic acids is 2. The average Bonchev–Trinajstić information content (AvgIpc) is 2.57. The summed E-state index contributed by atoms with van der Waals surface area (Å²) in [7, 11) is 0. The number of aromatic nitrogens is 1. The Balaban J connectivity index is 1.95. The molecule has 1 aromatic heterocycles. The molecule has 1 atom stereocenters. The Morgan fingerprint density at radius 2 is 2.12 bits per heavy atom. The molecule has 0 bridgehead atoms. The lowest BCUT2D eigenvalue weighted by Crippen LogP contribution is -2.32. The number of ether oxygens (including phenoxy) is 1. The highest BCUT2D eigenvalue weighted by Gasteiger charge is 2.18. The van der Waals surface area contributed by atoms with Crippen LogP contribution in [0.25, 0.3) is 0 Å². The van der Waals surface area contributed by atoms with Crippen LogP contribution in [0.1, 0.15) is 12.5 Å². The number of carbonyl (C=O) groups is 2. The summed E-state index contributed by atoms with van der Waals surface area (Å²) in [5.74, 6) is -1.27. The molecule has 25 heavy (non-hydrogen) atoms. The lowest BCUT2D eigenvalue weighted by molar-refractivity contribution is -0.153.